The molecule has 0 fully saturated rings. The molecule has 0 aliphatic carbocycles. The van der Waals surface area contributed by atoms with E-state index in [0.29, 0.717) is 18.1 Å². The Morgan fingerprint density at radius 2 is 1.81 bits per heavy atom. The average Bonchev–Trinajstić information content (AvgIpc) is 3.29. The molecule has 6 nitrogen and oxygen atoms in total. The normalized spacial score (nSPS) is 10.9. The van der Waals surface area contributed by atoms with E-state index >= 15 is 0 Å². The topological polar surface area (TPSA) is 62.3 Å². The highest BCUT2D eigenvalue weighted by Crippen LogP contribution is 2.27. The summed E-state index contributed by atoms with van der Waals surface area (Å²) in [5.41, 5.74) is 3.38. The van der Waals surface area contributed by atoms with E-state index in [4.69, 9.17) is 14.0 Å². The van der Waals surface area contributed by atoms with Crippen LogP contribution in [0.15, 0.2) is 71.5 Å². The maximum Gasteiger partial charge on any atom is 0.163 e. The minimum Gasteiger partial charge on any atom is -0.457 e. The Balaban J connectivity index is 1.62. The molecule has 0 radical (unpaired) electrons. The van der Waals surface area contributed by atoms with E-state index in [1.165, 1.54) is 0 Å². The Morgan fingerprint density at radius 1 is 1.00 bits per heavy atom. The second-order valence-corrected chi connectivity index (χ2v) is 6.07. The number of para-hydroxylation sites is 1. The standard InChI is InChI=1S/C21H19N3O3/c1-15-21(20-12-19(13-25-2)27-23-20)22-14-24(15)16-7-6-10-18(11-16)26-17-8-4-3-5-9-17/h3-12,14H,13H2,1-2H3. The van der Waals surface area contributed by atoms with Gasteiger partial charge in [-0.15, -0.1) is 0 Å². The number of hydrogen-bond acceptors (Lipinski definition) is 5. The molecule has 0 N–H and O–H groups in total. The number of benzene rings is 2. The molecule has 0 aliphatic rings. The second kappa shape index (κ2) is 7.47. The van der Waals surface area contributed by atoms with Gasteiger partial charge in [0.1, 0.15) is 35.8 Å². The van der Waals surface area contributed by atoms with Crippen molar-refractivity contribution < 1.29 is 14.0 Å². The van der Waals surface area contributed by atoms with Crippen LogP contribution in [0.5, 0.6) is 11.5 Å². The Kier molecular flexibility index (Phi) is 4.72. The van der Waals surface area contributed by atoms with E-state index < -0.39 is 0 Å². The Morgan fingerprint density at radius 3 is 2.63 bits per heavy atom. The lowest BCUT2D eigenvalue weighted by molar-refractivity contribution is 0.156. The van der Waals surface area contributed by atoms with E-state index in [0.717, 1.165) is 28.6 Å². The molecule has 0 bridgehead atoms. The fourth-order valence-electron chi connectivity index (χ4n) is 2.88. The summed E-state index contributed by atoms with van der Waals surface area (Å²) in [7, 11) is 1.62. The lowest BCUT2D eigenvalue weighted by Crippen LogP contribution is -1.96. The molecule has 2 aromatic carbocycles. The summed E-state index contributed by atoms with van der Waals surface area (Å²) in [5, 5.41) is 4.09. The van der Waals surface area contributed by atoms with Crippen molar-refractivity contribution in [3.05, 3.63) is 78.4 Å². The van der Waals surface area contributed by atoms with Crippen molar-refractivity contribution in [2.75, 3.05) is 7.11 Å². The molecule has 0 unspecified atom stereocenters. The zero-order chi connectivity index (χ0) is 18.6. The highest BCUT2D eigenvalue weighted by molar-refractivity contribution is 5.58. The summed E-state index contributed by atoms with van der Waals surface area (Å²) in [6, 6.07) is 19.4. The predicted molar refractivity (Wildman–Crippen MR) is 101 cm³/mol. The number of rotatable bonds is 6. The van der Waals surface area contributed by atoms with Crippen molar-refractivity contribution in [1.82, 2.24) is 14.7 Å². The molecule has 0 saturated carbocycles. The molecule has 0 aliphatic heterocycles. The highest BCUT2D eigenvalue weighted by atomic mass is 16.5. The van der Waals surface area contributed by atoms with Gasteiger partial charge >= 0.3 is 0 Å². The lowest BCUT2D eigenvalue weighted by Gasteiger charge is -2.09. The molecule has 6 heteroatoms. The van der Waals surface area contributed by atoms with Crippen molar-refractivity contribution in [2.24, 2.45) is 0 Å². The van der Waals surface area contributed by atoms with Crippen LogP contribution in [-0.2, 0) is 11.3 Å². The SMILES string of the molecule is COCc1cc(-c2ncn(-c3cccc(Oc4ccccc4)c3)c2C)no1. The van der Waals surface area contributed by atoms with E-state index in [1.54, 1.807) is 13.4 Å². The quantitative estimate of drug-likeness (QED) is 0.495. The van der Waals surface area contributed by atoms with Crippen molar-refractivity contribution >= 4 is 0 Å². The third kappa shape index (κ3) is 3.61. The van der Waals surface area contributed by atoms with Gasteiger partial charge < -0.3 is 18.6 Å². The monoisotopic (exact) mass is 361 g/mol. The second-order valence-electron chi connectivity index (χ2n) is 6.07. The van der Waals surface area contributed by atoms with Gasteiger partial charge in [0.25, 0.3) is 0 Å². The van der Waals surface area contributed by atoms with Crippen LogP contribution >= 0.6 is 0 Å². The van der Waals surface area contributed by atoms with Gasteiger partial charge in [0.2, 0.25) is 0 Å². The zero-order valence-electron chi connectivity index (χ0n) is 15.1. The average molecular weight is 361 g/mol. The highest BCUT2D eigenvalue weighted by Gasteiger charge is 2.15. The van der Waals surface area contributed by atoms with Gasteiger partial charge in [0.15, 0.2) is 5.76 Å². The van der Waals surface area contributed by atoms with E-state index in [9.17, 15) is 0 Å². The van der Waals surface area contributed by atoms with Crippen molar-refractivity contribution in [3.63, 3.8) is 0 Å². The van der Waals surface area contributed by atoms with Crippen LogP contribution < -0.4 is 4.74 Å². The molecule has 2 heterocycles. The fourth-order valence-corrected chi connectivity index (χ4v) is 2.88. The summed E-state index contributed by atoms with van der Waals surface area (Å²) < 4.78 is 18.3. The van der Waals surface area contributed by atoms with Gasteiger partial charge in [-0.2, -0.15) is 0 Å². The van der Waals surface area contributed by atoms with Crippen LogP contribution in [0.1, 0.15) is 11.5 Å². The van der Waals surface area contributed by atoms with Crippen molar-refractivity contribution in [3.8, 4) is 28.6 Å². The maximum atomic E-state index is 5.93. The van der Waals surface area contributed by atoms with Crippen molar-refractivity contribution in [1.29, 1.82) is 0 Å². The number of methoxy groups -OCH3 is 1. The molecule has 27 heavy (non-hydrogen) atoms. The maximum absolute atomic E-state index is 5.93. The van der Waals surface area contributed by atoms with Crippen LogP contribution in [-0.4, -0.2) is 21.8 Å². The number of ether oxygens (including phenoxy) is 2. The van der Waals surface area contributed by atoms with E-state index in [1.807, 2.05) is 72.2 Å². The van der Waals surface area contributed by atoms with Gasteiger partial charge in [0.05, 0.1) is 5.69 Å². The minimum atomic E-state index is 0.381. The third-order valence-corrected chi connectivity index (χ3v) is 4.17. The summed E-state index contributed by atoms with van der Waals surface area (Å²) in [5.74, 6) is 2.22. The Labute approximate surface area is 157 Å². The molecule has 0 atom stereocenters. The first-order chi connectivity index (χ1) is 13.2. The molecular weight excluding hydrogens is 342 g/mol. The largest absolute Gasteiger partial charge is 0.457 e. The molecule has 2 aromatic heterocycles. The van der Waals surface area contributed by atoms with Gasteiger partial charge in [-0.3, -0.25) is 0 Å². The molecule has 0 saturated heterocycles. The van der Waals surface area contributed by atoms with E-state index in [-0.39, 0.29) is 0 Å². The minimum absolute atomic E-state index is 0.381. The van der Waals surface area contributed by atoms with E-state index in [2.05, 4.69) is 10.1 Å². The van der Waals surface area contributed by atoms with Gasteiger partial charge in [-0.05, 0) is 31.2 Å². The summed E-state index contributed by atoms with van der Waals surface area (Å²) in [4.78, 5) is 4.51. The Hall–Kier alpha value is -3.38. The van der Waals surface area contributed by atoms with Crippen LogP contribution in [0.3, 0.4) is 0 Å². The first-order valence-electron chi connectivity index (χ1n) is 8.57. The number of nitrogens with zero attached hydrogens (tertiary/aromatic N) is 3. The fraction of sp³-hybridized carbons (Fsp3) is 0.143. The number of aromatic nitrogens is 3. The molecule has 0 amide bonds. The lowest BCUT2D eigenvalue weighted by atomic mass is 10.2. The molecule has 136 valence electrons. The molecule has 4 aromatic rings. The summed E-state index contributed by atoms with van der Waals surface area (Å²) in [6.45, 7) is 2.38. The first-order valence-corrected chi connectivity index (χ1v) is 8.57. The molecular formula is C21H19N3O3. The summed E-state index contributed by atoms with van der Waals surface area (Å²) >= 11 is 0. The van der Waals surface area contributed by atoms with Gasteiger partial charge in [0, 0.05) is 24.9 Å². The predicted octanol–water partition coefficient (Wildman–Crippen LogP) is 4.77. The van der Waals surface area contributed by atoms with Crippen LogP contribution in [0.4, 0.5) is 0 Å². The zero-order valence-corrected chi connectivity index (χ0v) is 15.1. The number of imidazole rings is 1. The van der Waals surface area contributed by atoms with Gasteiger partial charge in [-0.25, -0.2) is 4.98 Å². The Bertz CT molecular complexity index is 1040. The first kappa shape index (κ1) is 17.1. The van der Waals surface area contributed by atoms with Crippen molar-refractivity contribution in [2.45, 2.75) is 13.5 Å². The van der Waals surface area contributed by atoms with Gasteiger partial charge in [-0.1, -0.05) is 29.4 Å². The molecule has 4 rings (SSSR count). The smallest absolute Gasteiger partial charge is 0.163 e. The van der Waals surface area contributed by atoms with Crippen LogP contribution in [0.25, 0.3) is 17.1 Å². The summed E-state index contributed by atoms with van der Waals surface area (Å²) in [6.07, 6.45) is 1.77. The van der Waals surface area contributed by atoms with Crippen LogP contribution in [0, 0.1) is 6.92 Å². The molecule has 0 spiro atoms. The third-order valence-electron chi connectivity index (χ3n) is 4.17. The van der Waals surface area contributed by atoms with Crippen LogP contribution in [0.2, 0.25) is 0 Å². The number of hydrogen-bond donors (Lipinski definition) is 0.